The van der Waals surface area contributed by atoms with Gasteiger partial charge in [0.1, 0.15) is 0 Å². The van der Waals surface area contributed by atoms with Crippen molar-refractivity contribution in [2.24, 2.45) is 0 Å². The van der Waals surface area contributed by atoms with E-state index in [4.69, 9.17) is 27.9 Å². The number of carbonyl (C=O) groups is 4. The van der Waals surface area contributed by atoms with E-state index < -0.39 is 34.9 Å². The molecule has 6 nitrogen and oxygen atoms in total. The molecule has 116 valence electrons. The summed E-state index contributed by atoms with van der Waals surface area (Å²) < 4.78 is 4.69. The van der Waals surface area contributed by atoms with Crippen molar-refractivity contribution >= 4 is 46.2 Å². The maximum Gasteiger partial charge on any atom is 0.326 e. The molecule has 2 amide bonds. The Bertz CT molecular complexity index is 702. The molecule has 1 heterocycles. The lowest BCUT2D eigenvalue weighted by Crippen LogP contribution is -2.57. The van der Waals surface area contributed by atoms with Crippen LogP contribution in [0, 0.1) is 0 Å². The summed E-state index contributed by atoms with van der Waals surface area (Å²) in [5, 5.41) is -0.702. The average molecular weight is 344 g/mol. The maximum absolute atomic E-state index is 12.6. The highest BCUT2D eigenvalue weighted by atomic mass is 35.5. The summed E-state index contributed by atoms with van der Waals surface area (Å²) in [5.41, 5.74) is -1.90. The standard InChI is InChI=1S/C14H11Cl2NO5/c1-17-11(19)8-4-3-7(15)5-9(8)14(12(17)20,6-10(16)18)13(21)22-2/h3-5H,6H2,1-2H3. The van der Waals surface area contributed by atoms with E-state index in [2.05, 4.69) is 0 Å². The van der Waals surface area contributed by atoms with Gasteiger partial charge in [-0.15, -0.1) is 0 Å². The van der Waals surface area contributed by atoms with Crippen molar-refractivity contribution < 1.29 is 23.9 Å². The van der Waals surface area contributed by atoms with Crippen molar-refractivity contribution in [2.45, 2.75) is 11.8 Å². The Morgan fingerprint density at radius 1 is 1.32 bits per heavy atom. The van der Waals surface area contributed by atoms with Gasteiger partial charge in [0.2, 0.25) is 5.24 Å². The third-order valence-corrected chi connectivity index (χ3v) is 3.95. The van der Waals surface area contributed by atoms with Crippen molar-refractivity contribution in [1.29, 1.82) is 0 Å². The Morgan fingerprint density at radius 3 is 2.50 bits per heavy atom. The highest BCUT2D eigenvalue weighted by Gasteiger charge is 2.57. The number of halogens is 2. The first-order valence-corrected chi connectivity index (χ1v) is 6.90. The van der Waals surface area contributed by atoms with E-state index in [-0.39, 0.29) is 16.1 Å². The molecular weight excluding hydrogens is 333 g/mol. The highest BCUT2D eigenvalue weighted by molar-refractivity contribution is 6.64. The lowest BCUT2D eigenvalue weighted by molar-refractivity contribution is -0.157. The molecule has 1 aromatic rings. The molecule has 0 aromatic heterocycles. The molecule has 0 spiro atoms. The molecule has 0 saturated heterocycles. The Labute approximate surface area is 135 Å². The number of esters is 1. The minimum Gasteiger partial charge on any atom is -0.468 e. The van der Waals surface area contributed by atoms with Gasteiger partial charge in [-0.25, -0.2) is 0 Å². The fraction of sp³-hybridized carbons (Fsp3) is 0.286. The van der Waals surface area contributed by atoms with Crippen LogP contribution < -0.4 is 0 Å². The number of hydrogen-bond acceptors (Lipinski definition) is 5. The summed E-state index contributed by atoms with van der Waals surface area (Å²) in [5.74, 6) is -2.46. The summed E-state index contributed by atoms with van der Waals surface area (Å²) in [6.07, 6.45) is -0.634. The molecule has 0 fully saturated rings. The minimum absolute atomic E-state index is 0.0222. The molecule has 2 rings (SSSR count). The predicted octanol–water partition coefficient (Wildman–Crippen LogP) is 1.52. The first kappa shape index (κ1) is 16.5. The number of ether oxygens (including phenoxy) is 1. The van der Waals surface area contributed by atoms with Crippen LogP contribution in [-0.4, -0.2) is 42.1 Å². The summed E-state index contributed by atoms with van der Waals surface area (Å²) in [4.78, 5) is 49.4. The number of benzene rings is 1. The van der Waals surface area contributed by atoms with E-state index in [0.717, 1.165) is 12.0 Å². The molecule has 0 N–H and O–H groups in total. The van der Waals surface area contributed by atoms with Crippen molar-refractivity contribution in [2.75, 3.05) is 14.2 Å². The average Bonchev–Trinajstić information content (AvgIpc) is 2.48. The number of amides is 2. The number of hydrogen-bond donors (Lipinski definition) is 0. The van der Waals surface area contributed by atoms with E-state index in [1.165, 1.54) is 25.2 Å². The number of likely N-dealkylation sites (N-methyl/N-ethyl adjacent to an activating group) is 1. The van der Waals surface area contributed by atoms with Crippen LogP contribution in [0.4, 0.5) is 0 Å². The van der Waals surface area contributed by atoms with E-state index in [9.17, 15) is 19.2 Å². The molecule has 0 aliphatic carbocycles. The first-order chi connectivity index (χ1) is 10.3. The molecule has 0 radical (unpaired) electrons. The Balaban J connectivity index is 2.85. The lowest BCUT2D eigenvalue weighted by atomic mass is 9.72. The molecule has 1 aliphatic heterocycles. The number of methoxy groups -OCH3 is 1. The van der Waals surface area contributed by atoms with E-state index in [0.29, 0.717) is 0 Å². The third-order valence-electron chi connectivity index (χ3n) is 3.58. The Kier molecular flexibility index (Phi) is 4.26. The van der Waals surface area contributed by atoms with E-state index in [1.54, 1.807) is 0 Å². The van der Waals surface area contributed by atoms with E-state index >= 15 is 0 Å². The van der Waals surface area contributed by atoms with Crippen LogP contribution in [0.25, 0.3) is 0 Å². The van der Waals surface area contributed by atoms with Gasteiger partial charge in [0.15, 0.2) is 5.41 Å². The molecule has 1 aliphatic rings. The topological polar surface area (TPSA) is 80.8 Å². The minimum atomic E-state index is -2.02. The second-order valence-electron chi connectivity index (χ2n) is 4.79. The van der Waals surface area contributed by atoms with Gasteiger partial charge in [-0.3, -0.25) is 24.1 Å². The second kappa shape index (κ2) is 5.70. The molecular formula is C14H11Cl2NO5. The Hall–Kier alpha value is -1.92. The Morgan fingerprint density at radius 2 is 1.95 bits per heavy atom. The van der Waals surface area contributed by atoms with Gasteiger partial charge in [0, 0.05) is 17.6 Å². The number of fused-ring (bicyclic) bond motifs is 1. The van der Waals surface area contributed by atoms with Crippen LogP contribution in [0.15, 0.2) is 18.2 Å². The first-order valence-electron chi connectivity index (χ1n) is 6.15. The van der Waals surface area contributed by atoms with Crippen molar-refractivity contribution in [3.63, 3.8) is 0 Å². The van der Waals surface area contributed by atoms with Gasteiger partial charge < -0.3 is 4.74 Å². The largest absolute Gasteiger partial charge is 0.468 e. The summed E-state index contributed by atoms with van der Waals surface area (Å²) in [7, 11) is 2.30. The van der Waals surface area contributed by atoms with Crippen LogP contribution in [-0.2, 0) is 24.5 Å². The highest BCUT2D eigenvalue weighted by Crippen LogP contribution is 2.40. The molecule has 0 bridgehead atoms. The normalized spacial score (nSPS) is 20.6. The fourth-order valence-corrected chi connectivity index (χ4v) is 2.93. The van der Waals surface area contributed by atoms with Crippen LogP contribution in [0.3, 0.4) is 0 Å². The second-order valence-corrected chi connectivity index (χ2v) is 5.65. The molecule has 1 atom stereocenters. The van der Waals surface area contributed by atoms with E-state index in [1.807, 2.05) is 0 Å². The predicted molar refractivity (Wildman–Crippen MR) is 77.7 cm³/mol. The zero-order chi connectivity index (χ0) is 16.7. The zero-order valence-corrected chi connectivity index (χ0v) is 13.2. The number of imide groups is 1. The SMILES string of the molecule is COC(=O)C1(CC(=O)Cl)C(=O)N(C)C(=O)c2ccc(Cl)cc21. The smallest absolute Gasteiger partial charge is 0.326 e. The monoisotopic (exact) mass is 343 g/mol. The van der Waals surface area contributed by atoms with Gasteiger partial charge in [-0.05, 0) is 35.4 Å². The van der Waals surface area contributed by atoms with Crippen molar-refractivity contribution in [1.82, 2.24) is 4.90 Å². The third kappa shape index (κ3) is 2.28. The number of nitrogens with zero attached hydrogens (tertiary/aromatic N) is 1. The molecule has 8 heteroatoms. The van der Waals surface area contributed by atoms with Gasteiger partial charge in [0.05, 0.1) is 13.5 Å². The van der Waals surface area contributed by atoms with Gasteiger partial charge in [-0.2, -0.15) is 0 Å². The zero-order valence-electron chi connectivity index (χ0n) is 11.7. The lowest BCUT2D eigenvalue weighted by Gasteiger charge is -2.37. The van der Waals surface area contributed by atoms with Crippen LogP contribution in [0.2, 0.25) is 5.02 Å². The number of rotatable bonds is 3. The summed E-state index contributed by atoms with van der Waals surface area (Å²) in [6.45, 7) is 0. The van der Waals surface area contributed by atoms with Crippen LogP contribution >= 0.6 is 23.2 Å². The molecule has 1 unspecified atom stereocenters. The number of carbonyl (C=O) groups excluding carboxylic acids is 4. The molecule has 22 heavy (non-hydrogen) atoms. The summed E-state index contributed by atoms with van der Waals surface area (Å²) >= 11 is 11.3. The van der Waals surface area contributed by atoms with Crippen molar-refractivity contribution in [3.05, 3.63) is 34.3 Å². The fourth-order valence-electron chi connectivity index (χ4n) is 2.55. The molecule has 1 aromatic carbocycles. The van der Waals surface area contributed by atoms with Crippen LogP contribution in [0.1, 0.15) is 22.3 Å². The van der Waals surface area contributed by atoms with Gasteiger partial charge in [-0.1, -0.05) is 11.6 Å². The summed E-state index contributed by atoms with van der Waals surface area (Å²) in [6, 6.07) is 4.14. The van der Waals surface area contributed by atoms with Crippen molar-refractivity contribution in [3.8, 4) is 0 Å². The van der Waals surface area contributed by atoms with Gasteiger partial charge >= 0.3 is 5.97 Å². The quantitative estimate of drug-likeness (QED) is 0.359. The van der Waals surface area contributed by atoms with Gasteiger partial charge in [0.25, 0.3) is 11.8 Å². The van der Waals surface area contributed by atoms with Crippen LogP contribution in [0.5, 0.6) is 0 Å². The molecule has 0 saturated carbocycles. The maximum atomic E-state index is 12.6.